The molecule has 0 aromatic heterocycles. The van der Waals surface area contributed by atoms with Gasteiger partial charge in [0.2, 0.25) is 10.0 Å². The highest BCUT2D eigenvalue weighted by Gasteiger charge is 2.46. The van der Waals surface area contributed by atoms with Gasteiger partial charge in [0.1, 0.15) is 5.82 Å². The van der Waals surface area contributed by atoms with Gasteiger partial charge in [-0.1, -0.05) is 0 Å². The lowest BCUT2D eigenvalue weighted by Gasteiger charge is -2.11. The maximum Gasteiger partial charge on any atom is 0.516 e. The van der Waals surface area contributed by atoms with Gasteiger partial charge in [-0.25, -0.2) is 17.9 Å². The average Bonchev–Trinajstić information content (AvgIpc) is 2.17. The minimum absolute atomic E-state index is 0.295. The first-order valence-corrected chi connectivity index (χ1v) is 7.29. The Morgan fingerprint density at radius 2 is 1.63 bits per heavy atom. The van der Waals surface area contributed by atoms with Crippen molar-refractivity contribution in [1.82, 2.24) is 0 Å². The minimum Gasteiger partial charge on any atom is -0.273 e. The molecule has 0 radical (unpaired) electrons. The summed E-state index contributed by atoms with van der Waals surface area (Å²) < 4.78 is 93.4. The Bertz CT molecular complexity index is 696. The summed E-state index contributed by atoms with van der Waals surface area (Å²) in [6.07, 6.45) is 0. The van der Waals surface area contributed by atoms with Gasteiger partial charge in [0.15, 0.2) is 0 Å². The number of nitrogens with one attached hydrogen (secondary N) is 1. The summed E-state index contributed by atoms with van der Waals surface area (Å²) in [7, 11) is -10.0. The number of nitrogens with two attached hydrogens (primary N) is 1. The van der Waals surface area contributed by atoms with E-state index < -0.39 is 42.0 Å². The molecule has 0 fully saturated rings. The third-order valence-electron chi connectivity index (χ3n) is 1.82. The molecule has 0 heterocycles. The monoisotopic (exact) mass is 322 g/mol. The molecule has 0 aliphatic rings. The number of benzene rings is 1. The van der Waals surface area contributed by atoms with Crippen LogP contribution in [0.15, 0.2) is 23.1 Å². The summed E-state index contributed by atoms with van der Waals surface area (Å²) in [6, 6.07) is 1.47. The number of primary sulfonamides is 1. The number of halogens is 4. The van der Waals surface area contributed by atoms with Gasteiger partial charge in [0, 0.05) is 0 Å². The fourth-order valence-corrected chi connectivity index (χ4v) is 2.05. The molecule has 1 aromatic carbocycles. The second kappa shape index (κ2) is 4.61. The molecule has 0 saturated carbocycles. The minimum atomic E-state index is -5.79. The second-order valence-electron chi connectivity index (χ2n) is 3.24. The molecule has 6 nitrogen and oxygen atoms in total. The van der Waals surface area contributed by atoms with Crippen molar-refractivity contribution in [1.29, 1.82) is 0 Å². The maximum atomic E-state index is 13.3. The van der Waals surface area contributed by atoms with Crippen molar-refractivity contribution >= 4 is 25.7 Å². The number of alkyl halides is 3. The first kappa shape index (κ1) is 15.7. The van der Waals surface area contributed by atoms with Crippen molar-refractivity contribution in [3.63, 3.8) is 0 Å². The van der Waals surface area contributed by atoms with Gasteiger partial charge >= 0.3 is 15.5 Å². The topological polar surface area (TPSA) is 106 Å². The predicted molar refractivity (Wildman–Crippen MR) is 56.4 cm³/mol. The molecular formula is C7H6F4N2O4S2. The number of hydrogen-bond acceptors (Lipinski definition) is 4. The van der Waals surface area contributed by atoms with E-state index in [0.717, 1.165) is 4.72 Å². The zero-order valence-electron chi connectivity index (χ0n) is 8.77. The van der Waals surface area contributed by atoms with E-state index in [2.05, 4.69) is 5.14 Å². The molecular weight excluding hydrogens is 316 g/mol. The van der Waals surface area contributed by atoms with Gasteiger partial charge in [0.05, 0.1) is 10.6 Å². The Balaban J connectivity index is 3.20. The third kappa shape index (κ3) is 3.54. The van der Waals surface area contributed by atoms with Gasteiger partial charge in [-0.15, -0.1) is 0 Å². The van der Waals surface area contributed by atoms with Crippen LogP contribution in [0.1, 0.15) is 0 Å². The number of anilines is 1. The maximum absolute atomic E-state index is 13.3. The molecule has 1 rings (SSSR count). The summed E-state index contributed by atoms with van der Waals surface area (Å²) >= 11 is 0. The van der Waals surface area contributed by atoms with E-state index in [-0.39, 0.29) is 0 Å². The van der Waals surface area contributed by atoms with Crippen molar-refractivity contribution in [3.05, 3.63) is 24.0 Å². The summed E-state index contributed by atoms with van der Waals surface area (Å²) in [5.74, 6) is -1.51. The van der Waals surface area contributed by atoms with Crippen LogP contribution in [0.4, 0.5) is 23.2 Å². The number of rotatable bonds is 3. The van der Waals surface area contributed by atoms with Crippen LogP contribution in [0.2, 0.25) is 0 Å². The Kier molecular flexibility index (Phi) is 3.80. The molecule has 0 spiro atoms. The van der Waals surface area contributed by atoms with Crippen molar-refractivity contribution in [2.45, 2.75) is 10.4 Å². The third-order valence-corrected chi connectivity index (χ3v) is 3.83. The molecule has 0 bridgehead atoms. The lowest BCUT2D eigenvalue weighted by molar-refractivity contribution is -0.0429. The van der Waals surface area contributed by atoms with E-state index >= 15 is 0 Å². The van der Waals surface area contributed by atoms with E-state index in [1.54, 1.807) is 0 Å². The molecule has 19 heavy (non-hydrogen) atoms. The van der Waals surface area contributed by atoms with Crippen LogP contribution in [-0.4, -0.2) is 22.3 Å². The molecule has 0 saturated heterocycles. The lowest BCUT2D eigenvalue weighted by Crippen LogP contribution is -2.30. The van der Waals surface area contributed by atoms with Gasteiger partial charge in [-0.05, 0) is 18.2 Å². The van der Waals surface area contributed by atoms with Gasteiger partial charge < -0.3 is 0 Å². The summed E-state index contributed by atoms with van der Waals surface area (Å²) in [5, 5.41) is 4.66. The molecule has 0 aliphatic carbocycles. The van der Waals surface area contributed by atoms with Crippen molar-refractivity contribution in [2.75, 3.05) is 4.72 Å². The fourth-order valence-electron chi connectivity index (χ4n) is 0.958. The molecule has 0 aliphatic heterocycles. The summed E-state index contributed by atoms with van der Waals surface area (Å²) in [6.45, 7) is 0. The molecule has 108 valence electrons. The van der Waals surface area contributed by atoms with Crippen LogP contribution in [0.5, 0.6) is 0 Å². The quantitative estimate of drug-likeness (QED) is 0.800. The Morgan fingerprint density at radius 1 is 1.11 bits per heavy atom. The highest BCUT2D eigenvalue weighted by molar-refractivity contribution is 7.93. The van der Waals surface area contributed by atoms with E-state index in [1.165, 1.54) is 0 Å². The average molecular weight is 322 g/mol. The number of sulfonamides is 2. The summed E-state index contributed by atoms with van der Waals surface area (Å²) in [4.78, 5) is -0.708. The molecule has 0 amide bonds. The standard InChI is InChI=1S/C7H6F4N2O4S2/c8-5-3-4(18(12,14)15)1-2-6(5)13-19(16,17)7(9,10)11/h1-3,13H,(H2,12,14,15). The van der Waals surface area contributed by atoms with E-state index in [9.17, 15) is 34.4 Å². The first-order chi connectivity index (χ1) is 8.34. The van der Waals surface area contributed by atoms with Crippen LogP contribution in [0.25, 0.3) is 0 Å². The molecule has 0 atom stereocenters. The molecule has 1 aromatic rings. The van der Waals surface area contributed by atoms with Crippen LogP contribution < -0.4 is 9.86 Å². The van der Waals surface area contributed by atoms with Crippen LogP contribution in [0, 0.1) is 5.82 Å². The van der Waals surface area contributed by atoms with Gasteiger partial charge in [-0.3, -0.25) is 4.72 Å². The SMILES string of the molecule is NS(=O)(=O)c1ccc(NS(=O)(=O)C(F)(F)F)c(F)c1. The predicted octanol–water partition coefficient (Wildman–Crippen LogP) is 0.735. The highest BCUT2D eigenvalue weighted by Crippen LogP contribution is 2.27. The van der Waals surface area contributed by atoms with E-state index in [1.807, 2.05) is 0 Å². The van der Waals surface area contributed by atoms with Crippen molar-refractivity contribution in [2.24, 2.45) is 5.14 Å². The van der Waals surface area contributed by atoms with Gasteiger partial charge in [-0.2, -0.15) is 21.6 Å². The van der Waals surface area contributed by atoms with E-state index in [4.69, 9.17) is 0 Å². The molecule has 0 unspecified atom stereocenters. The zero-order valence-corrected chi connectivity index (χ0v) is 10.4. The van der Waals surface area contributed by atoms with E-state index in [0.29, 0.717) is 18.2 Å². The van der Waals surface area contributed by atoms with Crippen LogP contribution in [-0.2, 0) is 20.0 Å². The number of hydrogen-bond donors (Lipinski definition) is 2. The fraction of sp³-hybridized carbons (Fsp3) is 0.143. The summed E-state index contributed by atoms with van der Waals surface area (Å²) in [5.41, 5.74) is -6.68. The smallest absolute Gasteiger partial charge is 0.273 e. The normalized spacial score (nSPS) is 13.3. The van der Waals surface area contributed by atoms with Crippen molar-refractivity contribution in [3.8, 4) is 0 Å². The van der Waals surface area contributed by atoms with Crippen molar-refractivity contribution < 1.29 is 34.4 Å². The zero-order chi connectivity index (χ0) is 15.1. The highest BCUT2D eigenvalue weighted by atomic mass is 32.2. The Morgan fingerprint density at radius 3 is 2.00 bits per heavy atom. The van der Waals surface area contributed by atoms with Gasteiger partial charge in [0.25, 0.3) is 0 Å². The molecule has 12 heteroatoms. The lowest BCUT2D eigenvalue weighted by atomic mass is 10.3. The second-order valence-corrected chi connectivity index (χ2v) is 6.47. The largest absolute Gasteiger partial charge is 0.516 e. The van der Waals surface area contributed by atoms with Crippen LogP contribution in [0.3, 0.4) is 0 Å². The Hall–Kier alpha value is -1.40. The Labute approximate surface area is 105 Å². The molecule has 3 N–H and O–H groups in total. The first-order valence-electron chi connectivity index (χ1n) is 4.26. The van der Waals surface area contributed by atoms with Crippen LogP contribution >= 0.6 is 0 Å².